The molecule has 0 aliphatic carbocycles. The smallest absolute Gasteiger partial charge is 0.329 e. The highest BCUT2D eigenvalue weighted by Crippen LogP contribution is 2.28. The first-order chi connectivity index (χ1) is 9.44. The normalized spacial score (nSPS) is 17.9. The summed E-state index contributed by atoms with van der Waals surface area (Å²) in [5, 5.41) is 15.7. The summed E-state index contributed by atoms with van der Waals surface area (Å²) in [6.45, 7) is 3.86. The van der Waals surface area contributed by atoms with Crippen LogP contribution < -0.4 is 5.32 Å². The van der Waals surface area contributed by atoms with Gasteiger partial charge >= 0.3 is 5.97 Å². The Kier molecular flexibility index (Phi) is 4.37. The Hall–Kier alpha value is -1.50. The standard InChI is InChI=1S/C13H18N2O4S/c1-8(2)10-7-9(15-19-10)11(16)14-13(12(17)18)3-5-20-6-4-13/h7-8H,3-6H2,1-2H3,(H,14,16)(H,17,18). The van der Waals surface area contributed by atoms with Gasteiger partial charge in [-0.1, -0.05) is 19.0 Å². The number of carboxylic acids is 1. The molecule has 1 fully saturated rings. The molecular formula is C13H18N2O4S. The molecule has 2 N–H and O–H groups in total. The lowest BCUT2D eigenvalue weighted by Gasteiger charge is -2.33. The van der Waals surface area contributed by atoms with Gasteiger partial charge in [-0.3, -0.25) is 4.79 Å². The minimum Gasteiger partial charge on any atom is -0.480 e. The maximum absolute atomic E-state index is 12.2. The van der Waals surface area contributed by atoms with Gasteiger partial charge in [0.2, 0.25) is 0 Å². The number of amides is 1. The Morgan fingerprint density at radius 2 is 2.10 bits per heavy atom. The summed E-state index contributed by atoms with van der Waals surface area (Å²) >= 11 is 1.70. The van der Waals surface area contributed by atoms with Gasteiger partial charge in [0.25, 0.3) is 5.91 Å². The lowest BCUT2D eigenvalue weighted by Crippen LogP contribution is -2.56. The van der Waals surface area contributed by atoms with E-state index in [0.29, 0.717) is 18.6 Å². The van der Waals surface area contributed by atoms with E-state index in [-0.39, 0.29) is 11.6 Å². The Balaban J connectivity index is 2.13. The lowest BCUT2D eigenvalue weighted by atomic mass is 9.92. The van der Waals surface area contributed by atoms with E-state index < -0.39 is 17.4 Å². The third kappa shape index (κ3) is 2.98. The average Bonchev–Trinajstić information content (AvgIpc) is 2.89. The molecule has 0 atom stereocenters. The van der Waals surface area contributed by atoms with Gasteiger partial charge in [0.05, 0.1) is 0 Å². The van der Waals surface area contributed by atoms with Gasteiger partial charge in [0.1, 0.15) is 11.3 Å². The van der Waals surface area contributed by atoms with Crippen LogP contribution in [0, 0.1) is 0 Å². The second-order valence-corrected chi connectivity index (χ2v) is 6.45. The van der Waals surface area contributed by atoms with Crippen molar-refractivity contribution in [2.75, 3.05) is 11.5 Å². The van der Waals surface area contributed by atoms with Crippen molar-refractivity contribution in [2.45, 2.75) is 38.1 Å². The summed E-state index contributed by atoms with van der Waals surface area (Å²) in [6, 6.07) is 1.56. The van der Waals surface area contributed by atoms with Crippen LogP contribution >= 0.6 is 11.8 Å². The van der Waals surface area contributed by atoms with Gasteiger partial charge in [0.15, 0.2) is 5.69 Å². The quantitative estimate of drug-likeness (QED) is 0.881. The Morgan fingerprint density at radius 1 is 1.45 bits per heavy atom. The third-order valence-corrected chi connectivity index (χ3v) is 4.42. The van der Waals surface area contributed by atoms with Gasteiger partial charge in [-0.25, -0.2) is 4.79 Å². The SMILES string of the molecule is CC(C)c1cc(C(=O)NC2(C(=O)O)CCSCC2)no1. The highest BCUT2D eigenvalue weighted by Gasteiger charge is 2.41. The summed E-state index contributed by atoms with van der Waals surface area (Å²) in [7, 11) is 0. The predicted octanol–water partition coefficient (Wildman–Crippen LogP) is 1.88. The third-order valence-electron chi connectivity index (χ3n) is 3.44. The zero-order chi connectivity index (χ0) is 14.8. The van der Waals surface area contributed by atoms with Gasteiger partial charge in [-0.2, -0.15) is 11.8 Å². The minimum absolute atomic E-state index is 0.128. The molecule has 2 heterocycles. The molecule has 0 bridgehead atoms. The number of aromatic nitrogens is 1. The molecule has 0 radical (unpaired) electrons. The van der Waals surface area contributed by atoms with E-state index in [1.54, 1.807) is 17.8 Å². The number of rotatable bonds is 4. The van der Waals surface area contributed by atoms with Crippen molar-refractivity contribution < 1.29 is 19.2 Å². The second kappa shape index (κ2) is 5.87. The monoisotopic (exact) mass is 298 g/mol. The number of nitrogens with zero attached hydrogens (tertiary/aromatic N) is 1. The number of carbonyl (C=O) groups is 2. The Bertz CT molecular complexity index is 506. The molecule has 110 valence electrons. The van der Waals surface area contributed by atoms with Crippen LogP contribution in [-0.2, 0) is 4.79 Å². The fourth-order valence-electron chi connectivity index (χ4n) is 2.06. The number of carbonyl (C=O) groups excluding carboxylic acids is 1. The number of aliphatic carboxylic acids is 1. The van der Waals surface area contributed by atoms with Crippen LogP contribution in [0.2, 0.25) is 0 Å². The zero-order valence-electron chi connectivity index (χ0n) is 11.5. The van der Waals surface area contributed by atoms with E-state index in [0.717, 1.165) is 11.5 Å². The number of thioether (sulfide) groups is 1. The molecule has 1 amide bonds. The van der Waals surface area contributed by atoms with Crippen LogP contribution in [0.15, 0.2) is 10.6 Å². The maximum Gasteiger partial charge on any atom is 0.329 e. The molecule has 1 aromatic heterocycles. The van der Waals surface area contributed by atoms with E-state index >= 15 is 0 Å². The fourth-order valence-corrected chi connectivity index (χ4v) is 3.25. The predicted molar refractivity (Wildman–Crippen MR) is 75.0 cm³/mol. The zero-order valence-corrected chi connectivity index (χ0v) is 12.3. The number of hydrogen-bond donors (Lipinski definition) is 2. The van der Waals surface area contributed by atoms with E-state index in [1.807, 2.05) is 13.8 Å². The maximum atomic E-state index is 12.2. The molecule has 0 spiro atoms. The van der Waals surface area contributed by atoms with Crippen LogP contribution in [0.3, 0.4) is 0 Å². The van der Waals surface area contributed by atoms with Crippen molar-refractivity contribution in [1.82, 2.24) is 10.5 Å². The number of hydrogen-bond acceptors (Lipinski definition) is 5. The lowest BCUT2D eigenvalue weighted by molar-refractivity contribution is -0.144. The van der Waals surface area contributed by atoms with Crippen LogP contribution in [0.25, 0.3) is 0 Å². The van der Waals surface area contributed by atoms with E-state index in [2.05, 4.69) is 10.5 Å². The first kappa shape index (κ1) is 14.9. The molecule has 20 heavy (non-hydrogen) atoms. The number of carboxylic acid groups (broad SMARTS) is 1. The molecule has 1 aliphatic heterocycles. The summed E-state index contributed by atoms with van der Waals surface area (Å²) in [5.74, 6) is 0.710. The van der Waals surface area contributed by atoms with Crippen molar-refractivity contribution in [3.05, 3.63) is 17.5 Å². The highest BCUT2D eigenvalue weighted by atomic mass is 32.2. The van der Waals surface area contributed by atoms with Gasteiger partial charge in [0, 0.05) is 12.0 Å². The molecular weight excluding hydrogens is 280 g/mol. The molecule has 7 heteroatoms. The first-order valence-electron chi connectivity index (χ1n) is 6.55. The first-order valence-corrected chi connectivity index (χ1v) is 7.70. The van der Waals surface area contributed by atoms with E-state index in [9.17, 15) is 14.7 Å². The molecule has 6 nitrogen and oxygen atoms in total. The van der Waals surface area contributed by atoms with Gasteiger partial charge in [-0.15, -0.1) is 0 Å². The van der Waals surface area contributed by atoms with Crippen LogP contribution in [-0.4, -0.2) is 39.2 Å². The second-order valence-electron chi connectivity index (χ2n) is 5.22. The minimum atomic E-state index is -1.18. The molecule has 0 unspecified atom stereocenters. The van der Waals surface area contributed by atoms with E-state index in [1.165, 1.54) is 0 Å². The largest absolute Gasteiger partial charge is 0.480 e. The number of nitrogens with one attached hydrogen (secondary N) is 1. The summed E-state index contributed by atoms with van der Waals surface area (Å²) < 4.78 is 5.07. The molecule has 1 aromatic rings. The highest BCUT2D eigenvalue weighted by molar-refractivity contribution is 7.99. The van der Waals surface area contributed by atoms with Crippen molar-refractivity contribution >= 4 is 23.6 Å². The summed E-state index contributed by atoms with van der Waals surface area (Å²) in [4.78, 5) is 23.6. The molecule has 0 aromatic carbocycles. The van der Waals surface area contributed by atoms with Crippen molar-refractivity contribution in [1.29, 1.82) is 0 Å². The summed E-state index contributed by atoms with van der Waals surface area (Å²) in [5.41, 5.74) is -1.05. The van der Waals surface area contributed by atoms with Crippen LogP contribution in [0.5, 0.6) is 0 Å². The molecule has 2 rings (SSSR count). The Labute approximate surface area is 121 Å². The van der Waals surface area contributed by atoms with Crippen molar-refractivity contribution in [2.24, 2.45) is 0 Å². The van der Waals surface area contributed by atoms with Gasteiger partial charge in [-0.05, 0) is 24.3 Å². The van der Waals surface area contributed by atoms with E-state index in [4.69, 9.17) is 4.52 Å². The van der Waals surface area contributed by atoms with Crippen molar-refractivity contribution in [3.8, 4) is 0 Å². The van der Waals surface area contributed by atoms with Gasteiger partial charge < -0.3 is 14.9 Å². The van der Waals surface area contributed by atoms with Crippen LogP contribution in [0.4, 0.5) is 0 Å². The summed E-state index contributed by atoms with van der Waals surface area (Å²) in [6.07, 6.45) is 0.848. The molecule has 1 aliphatic rings. The molecule has 1 saturated heterocycles. The average molecular weight is 298 g/mol. The van der Waals surface area contributed by atoms with Crippen molar-refractivity contribution in [3.63, 3.8) is 0 Å². The topological polar surface area (TPSA) is 92.4 Å². The molecule has 0 saturated carbocycles. The van der Waals surface area contributed by atoms with Crippen LogP contribution in [0.1, 0.15) is 48.9 Å². The Morgan fingerprint density at radius 3 is 2.60 bits per heavy atom. The fraction of sp³-hybridized carbons (Fsp3) is 0.615.